The molecule has 0 saturated carbocycles. The number of rotatable bonds is 15. The molecule has 4 N–H and O–H groups in total. The van der Waals surface area contributed by atoms with Gasteiger partial charge in [0.15, 0.2) is 11.5 Å². The normalized spacial score (nSPS) is 18.3. The Morgan fingerprint density at radius 2 is 1.86 bits per heavy atom. The molecule has 0 spiro atoms. The molecule has 2 aliphatic heterocycles. The maximum absolute atomic E-state index is 14.2. The first kappa shape index (κ1) is 32.0. The number of aliphatic hydroxyl groups is 1. The summed E-state index contributed by atoms with van der Waals surface area (Å²) in [7, 11) is -4.13. The van der Waals surface area contributed by atoms with Gasteiger partial charge in [0.2, 0.25) is 16.8 Å². The number of benzene rings is 2. The van der Waals surface area contributed by atoms with Gasteiger partial charge in [-0.15, -0.1) is 0 Å². The predicted molar refractivity (Wildman–Crippen MR) is 157 cm³/mol. The molecule has 2 heterocycles. The zero-order valence-electron chi connectivity index (χ0n) is 24.4. The Morgan fingerprint density at radius 3 is 2.52 bits per heavy atom. The van der Waals surface area contributed by atoms with E-state index in [0.29, 0.717) is 31.1 Å². The number of nitrogens with zero attached hydrogens (tertiary/aromatic N) is 2. The minimum atomic E-state index is -4.13. The number of sulfonamides is 1. The van der Waals surface area contributed by atoms with Crippen molar-refractivity contribution >= 4 is 16.1 Å². The van der Waals surface area contributed by atoms with Crippen LogP contribution < -0.4 is 15.2 Å². The lowest BCUT2D eigenvalue weighted by Gasteiger charge is -2.39. The molecule has 2 aromatic rings. The minimum Gasteiger partial charge on any atom is -0.465 e. The molecule has 1 saturated heterocycles. The summed E-state index contributed by atoms with van der Waals surface area (Å²) in [5.41, 5.74) is 6.08. The van der Waals surface area contributed by atoms with Gasteiger partial charge in [-0.2, -0.15) is 4.31 Å². The van der Waals surface area contributed by atoms with E-state index in [2.05, 4.69) is 0 Å². The molecule has 0 aromatic heterocycles. The molecule has 2 aliphatic rings. The quantitative estimate of drug-likeness (QED) is 0.260. The van der Waals surface area contributed by atoms with Gasteiger partial charge in [0, 0.05) is 25.8 Å². The van der Waals surface area contributed by atoms with Crippen molar-refractivity contribution in [2.75, 3.05) is 39.6 Å². The van der Waals surface area contributed by atoms with Gasteiger partial charge in [0.1, 0.15) is 0 Å². The van der Waals surface area contributed by atoms with Gasteiger partial charge >= 0.3 is 6.09 Å². The largest absolute Gasteiger partial charge is 0.465 e. The molecule has 4 rings (SSSR count). The molecule has 11 nitrogen and oxygen atoms in total. The average Bonchev–Trinajstić information content (AvgIpc) is 3.65. The highest BCUT2D eigenvalue weighted by molar-refractivity contribution is 7.89. The Hall–Kier alpha value is -2.90. The topological polar surface area (TPSA) is 152 Å². The van der Waals surface area contributed by atoms with Crippen molar-refractivity contribution in [1.82, 2.24) is 9.21 Å². The van der Waals surface area contributed by atoms with Gasteiger partial charge in [-0.1, -0.05) is 50.6 Å². The van der Waals surface area contributed by atoms with Gasteiger partial charge in [-0.25, -0.2) is 13.2 Å². The predicted octanol–water partition coefficient (Wildman–Crippen LogP) is 3.30. The van der Waals surface area contributed by atoms with Crippen LogP contribution in [0.1, 0.15) is 45.1 Å². The van der Waals surface area contributed by atoms with E-state index in [-0.39, 0.29) is 37.8 Å². The van der Waals surface area contributed by atoms with Crippen molar-refractivity contribution in [3.63, 3.8) is 0 Å². The smallest absolute Gasteiger partial charge is 0.407 e. The molecule has 0 bridgehead atoms. The van der Waals surface area contributed by atoms with Crippen LogP contribution in [0, 0.1) is 5.41 Å². The number of amides is 1. The summed E-state index contributed by atoms with van der Waals surface area (Å²) >= 11 is 0. The summed E-state index contributed by atoms with van der Waals surface area (Å²) in [5, 5.41) is 22.1. The number of ether oxygens (including phenoxy) is 3. The highest BCUT2D eigenvalue weighted by Crippen LogP contribution is 2.36. The van der Waals surface area contributed by atoms with Crippen LogP contribution in [0.2, 0.25) is 0 Å². The first-order chi connectivity index (χ1) is 20.0. The maximum atomic E-state index is 14.2. The standard InChI is InChI=1S/C30H43N3O8S/c1-30(2,13-6-7-14-31)20-32(42(37,38)24-10-11-27-28(17-24)41-21-40-27)18-26(34)25(16-22-8-4-3-5-9-22)33(29(35)36)23-12-15-39-19-23/h3-5,8-11,17,23,25-26,34H,6-7,12-16,18-21,31H2,1-2H3,(H,35,36)/t23-,25-,26+/m0/s1. The fourth-order valence-electron chi connectivity index (χ4n) is 5.65. The second-order valence-electron chi connectivity index (χ2n) is 11.8. The van der Waals surface area contributed by atoms with E-state index < -0.39 is 39.7 Å². The zero-order valence-corrected chi connectivity index (χ0v) is 25.2. The van der Waals surface area contributed by atoms with Crippen LogP contribution in [0.25, 0.3) is 0 Å². The highest BCUT2D eigenvalue weighted by atomic mass is 32.2. The first-order valence-corrected chi connectivity index (χ1v) is 15.9. The number of aliphatic hydroxyl groups excluding tert-OH is 1. The maximum Gasteiger partial charge on any atom is 0.407 e. The van der Waals surface area contributed by atoms with E-state index in [4.69, 9.17) is 19.9 Å². The molecule has 1 fully saturated rings. The SMILES string of the molecule is CC(C)(CCCCN)CN(C[C@@H](O)[C@H](Cc1ccccc1)N(C(=O)O)[C@H]1CCOC1)S(=O)(=O)c1ccc2c(c1)OCO2. The molecular weight excluding hydrogens is 562 g/mol. The summed E-state index contributed by atoms with van der Waals surface area (Å²) in [6.45, 7) is 4.98. The number of fused-ring (bicyclic) bond motifs is 1. The molecule has 12 heteroatoms. The molecule has 0 radical (unpaired) electrons. The van der Waals surface area contributed by atoms with Crippen LogP contribution in [-0.4, -0.2) is 91.8 Å². The molecule has 0 aliphatic carbocycles. The van der Waals surface area contributed by atoms with Crippen LogP contribution in [-0.2, 0) is 21.2 Å². The van der Waals surface area contributed by atoms with Crippen molar-refractivity contribution in [2.24, 2.45) is 11.1 Å². The zero-order chi connectivity index (χ0) is 30.3. The number of carboxylic acid groups (broad SMARTS) is 1. The van der Waals surface area contributed by atoms with E-state index in [0.717, 1.165) is 24.8 Å². The Kier molecular flexibility index (Phi) is 10.7. The third-order valence-electron chi connectivity index (χ3n) is 7.89. The third-order valence-corrected chi connectivity index (χ3v) is 9.70. The second kappa shape index (κ2) is 14.0. The minimum absolute atomic E-state index is 0.00645. The summed E-state index contributed by atoms with van der Waals surface area (Å²) in [6, 6.07) is 12.4. The number of carbonyl (C=O) groups is 1. The summed E-state index contributed by atoms with van der Waals surface area (Å²) in [6.07, 6.45) is 0.567. The summed E-state index contributed by atoms with van der Waals surface area (Å²) in [4.78, 5) is 13.9. The van der Waals surface area contributed by atoms with Crippen molar-refractivity contribution in [3.8, 4) is 11.5 Å². The summed E-state index contributed by atoms with van der Waals surface area (Å²) < 4.78 is 45.9. The lowest BCUT2D eigenvalue weighted by atomic mass is 9.87. The molecule has 3 atom stereocenters. The number of hydrogen-bond acceptors (Lipinski definition) is 8. The van der Waals surface area contributed by atoms with Crippen molar-refractivity contribution in [1.29, 1.82) is 0 Å². The molecule has 1 amide bonds. The monoisotopic (exact) mass is 605 g/mol. The lowest BCUT2D eigenvalue weighted by Crippen LogP contribution is -2.56. The Morgan fingerprint density at radius 1 is 1.12 bits per heavy atom. The van der Waals surface area contributed by atoms with Crippen molar-refractivity contribution in [2.45, 2.75) is 69.0 Å². The first-order valence-electron chi connectivity index (χ1n) is 14.4. The van der Waals surface area contributed by atoms with E-state index in [9.17, 15) is 23.4 Å². The molecule has 232 valence electrons. The van der Waals surface area contributed by atoms with Gasteiger partial charge in [0.05, 0.1) is 29.7 Å². The van der Waals surface area contributed by atoms with Crippen molar-refractivity contribution in [3.05, 3.63) is 54.1 Å². The van der Waals surface area contributed by atoms with Gasteiger partial charge in [-0.05, 0) is 55.3 Å². The Balaban J connectivity index is 1.68. The number of nitrogens with two attached hydrogens (primary N) is 1. The van der Waals surface area contributed by atoms with Crippen LogP contribution in [0.5, 0.6) is 11.5 Å². The van der Waals surface area contributed by atoms with E-state index in [1.54, 1.807) is 6.07 Å². The van der Waals surface area contributed by atoms with Crippen LogP contribution >= 0.6 is 0 Å². The van der Waals surface area contributed by atoms with Crippen molar-refractivity contribution < 1.29 is 37.6 Å². The van der Waals surface area contributed by atoms with Gasteiger partial charge in [0.25, 0.3) is 0 Å². The second-order valence-corrected chi connectivity index (χ2v) is 13.7. The van der Waals surface area contributed by atoms with Gasteiger partial charge < -0.3 is 30.2 Å². The van der Waals surface area contributed by atoms with Crippen LogP contribution in [0.3, 0.4) is 0 Å². The lowest BCUT2D eigenvalue weighted by molar-refractivity contribution is 0.0142. The van der Waals surface area contributed by atoms with Gasteiger partial charge in [-0.3, -0.25) is 4.90 Å². The van der Waals surface area contributed by atoms with Crippen LogP contribution in [0.4, 0.5) is 4.79 Å². The van der Waals surface area contributed by atoms with E-state index in [1.165, 1.54) is 21.3 Å². The fourth-order valence-corrected chi connectivity index (χ4v) is 7.32. The number of hydrogen-bond donors (Lipinski definition) is 3. The Labute approximate surface area is 248 Å². The van der Waals surface area contributed by atoms with E-state index >= 15 is 0 Å². The molecule has 2 aromatic carbocycles. The third kappa shape index (κ3) is 7.93. The van der Waals surface area contributed by atoms with E-state index in [1.807, 2.05) is 44.2 Å². The molecule has 42 heavy (non-hydrogen) atoms. The molecular formula is C30H43N3O8S. The van der Waals surface area contributed by atoms with Crippen LogP contribution in [0.15, 0.2) is 53.4 Å². The molecule has 0 unspecified atom stereocenters. The highest BCUT2D eigenvalue weighted by Gasteiger charge is 2.40. The fraction of sp³-hybridized carbons (Fsp3) is 0.567. The Bertz CT molecular complexity index is 1280. The average molecular weight is 606 g/mol. The summed E-state index contributed by atoms with van der Waals surface area (Å²) in [5.74, 6) is 0.792. The number of unbranched alkanes of at least 4 members (excludes halogenated alkanes) is 1.